The summed E-state index contributed by atoms with van der Waals surface area (Å²) in [5.41, 5.74) is 3.48. The van der Waals surface area contributed by atoms with Crippen LogP contribution in [0.2, 0.25) is 0 Å². The molecule has 0 spiro atoms. The fourth-order valence-electron chi connectivity index (χ4n) is 1.87. The zero-order chi connectivity index (χ0) is 15.4. The van der Waals surface area contributed by atoms with Crippen molar-refractivity contribution in [2.45, 2.75) is 13.8 Å². The van der Waals surface area contributed by atoms with E-state index in [9.17, 15) is 4.79 Å². The quantitative estimate of drug-likeness (QED) is 0.800. The molecule has 108 valence electrons. The molecular weight excluding hydrogens is 350 g/mol. The van der Waals surface area contributed by atoms with Gasteiger partial charge in [-0.2, -0.15) is 0 Å². The number of nitrogens with zero attached hydrogens (tertiary/aromatic N) is 1. The number of para-hydroxylation sites is 1. The fraction of sp³-hybridized carbons (Fsp3) is 0.133. The molecule has 0 unspecified atom stereocenters. The van der Waals surface area contributed by atoms with Gasteiger partial charge in [0, 0.05) is 22.6 Å². The first kappa shape index (κ1) is 15.6. The summed E-state index contributed by atoms with van der Waals surface area (Å²) in [5, 5.41) is 5.97. The van der Waals surface area contributed by atoms with Crippen molar-refractivity contribution >= 4 is 44.9 Å². The molecule has 0 aliphatic carbocycles. The Morgan fingerprint density at radius 1 is 1.24 bits per heavy atom. The Labute approximate surface area is 137 Å². The molecule has 0 bridgehead atoms. The van der Waals surface area contributed by atoms with Gasteiger partial charge in [0.2, 0.25) is 0 Å². The molecule has 2 rings (SSSR count). The van der Waals surface area contributed by atoms with Crippen LogP contribution in [0.25, 0.3) is 0 Å². The predicted octanol–water partition coefficient (Wildman–Crippen LogP) is 3.59. The third kappa shape index (κ3) is 4.09. The smallest absolute Gasteiger partial charge is 0.259 e. The van der Waals surface area contributed by atoms with Crippen LogP contribution in [0.4, 0.5) is 5.69 Å². The van der Waals surface area contributed by atoms with E-state index in [1.54, 1.807) is 12.3 Å². The van der Waals surface area contributed by atoms with Crippen LogP contribution in [0, 0.1) is 13.8 Å². The van der Waals surface area contributed by atoms with Gasteiger partial charge >= 0.3 is 0 Å². The lowest BCUT2D eigenvalue weighted by Crippen LogP contribution is -2.34. The van der Waals surface area contributed by atoms with Gasteiger partial charge in [0.05, 0.1) is 5.56 Å². The van der Waals surface area contributed by atoms with Crippen LogP contribution < -0.4 is 10.6 Å². The fourth-order valence-corrected chi connectivity index (χ4v) is 2.43. The second-order valence-electron chi connectivity index (χ2n) is 4.57. The van der Waals surface area contributed by atoms with Gasteiger partial charge in [-0.05, 0) is 59.2 Å². The van der Waals surface area contributed by atoms with E-state index in [0.717, 1.165) is 21.3 Å². The summed E-state index contributed by atoms with van der Waals surface area (Å²) in [5.74, 6) is -0.299. The van der Waals surface area contributed by atoms with Crippen LogP contribution >= 0.6 is 28.1 Å². The highest BCUT2D eigenvalue weighted by Gasteiger charge is 2.10. The zero-order valence-corrected chi connectivity index (χ0v) is 14.0. The molecule has 0 aliphatic rings. The highest BCUT2D eigenvalue weighted by atomic mass is 79.9. The SMILES string of the molecule is Cc1cccc(C)c1NC(=S)NC(=O)c1cncc(Br)c1. The average molecular weight is 364 g/mol. The maximum Gasteiger partial charge on any atom is 0.259 e. The van der Waals surface area contributed by atoms with Crippen LogP contribution in [0.3, 0.4) is 0 Å². The summed E-state index contributed by atoms with van der Waals surface area (Å²) in [7, 11) is 0. The first-order chi connectivity index (χ1) is 9.97. The van der Waals surface area contributed by atoms with Crippen LogP contribution in [-0.2, 0) is 0 Å². The molecule has 1 aromatic heterocycles. The summed E-state index contributed by atoms with van der Waals surface area (Å²) in [6, 6.07) is 7.63. The monoisotopic (exact) mass is 363 g/mol. The number of pyridine rings is 1. The molecule has 6 heteroatoms. The zero-order valence-electron chi connectivity index (χ0n) is 11.6. The Morgan fingerprint density at radius 3 is 2.52 bits per heavy atom. The first-order valence-corrected chi connectivity index (χ1v) is 7.46. The van der Waals surface area contributed by atoms with Crippen molar-refractivity contribution in [1.82, 2.24) is 10.3 Å². The van der Waals surface area contributed by atoms with E-state index in [-0.39, 0.29) is 11.0 Å². The highest BCUT2D eigenvalue weighted by Crippen LogP contribution is 2.19. The van der Waals surface area contributed by atoms with Crippen LogP contribution in [0.15, 0.2) is 41.1 Å². The number of aromatic nitrogens is 1. The normalized spacial score (nSPS) is 10.0. The maximum absolute atomic E-state index is 12.1. The third-order valence-electron chi connectivity index (χ3n) is 2.91. The number of thiocarbonyl (C=S) groups is 1. The lowest BCUT2D eigenvalue weighted by molar-refractivity contribution is 0.0977. The van der Waals surface area contributed by atoms with Gasteiger partial charge in [-0.3, -0.25) is 15.1 Å². The van der Waals surface area contributed by atoms with Crippen molar-refractivity contribution in [3.05, 3.63) is 57.8 Å². The standard InChI is InChI=1S/C15H14BrN3OS/c1-9-4-3-5-10(2)13(9)18-15(21)19-14(20)11-6-12(16)8-17-7-11/h3-8H,1-2H3,(H2,18,19,20,21). The van der Waals surface area contributed by atoms with E-state index in [1.807, 2.05) is 32.0 Å². The van der Waals surface area contributed by atoms with E-state index in [0.29, 0.717) is 5.56 Å². The van der Waals surface area contributed by atoms with E-state index < -0.39 is 0 Å². The van der Waals surface area contributed by atoms with Crippen LogP contribution in [0.5, 0.6) is 0 Å². The van der Waals surface area contributed by atoms with E-state index in [2.05, 4.69) is 31.5 Å². The van der Waals surface area contributed by atoms with Gasteiger partial charge in [-0.1, -0.05) is 18.2 Å². The predicted molar refractivity (Wildman–Crippen MR) is 91.5 cm³/mol. The molecule has 21 heavy (non-hydrogen) atoms. The van der Waals surface area contributed by atoms with Crippen molar-refractivity contribution in [1.29, 1.82) is 0 Å². The number of hydrogen-bond donors (Lipinski definition) is 2. The molecule has 0 fully saturated rings. The average Bonchev–Trinajstić information content (AvgIpc) is 2.43. The van der Waals surface area contributed by atoms with Crippen molar-refractivity contribution in [3.8, 4) is 0 Å². The van der Waals surface area contributed by atoms with Crippen LogP contribution in [0.1, 0.15) is 21.5 Å². The number of aryl methyl sites for hydroxylation is 2. The second-order valence-corrected chi connectivity index (χ2v) is 5.89. The number of benzene rings is 1. The molecule has 1 aromatic carbocycles. The number of anilines is 1. The van der Waals surface area contributed by atoms with Crippen LogP contribution in [-0.4, -0.2) is 16.0 Å². The van der Waals surface area contributed by atoms with E-state index in [4.69, 9.17) is 12.2 Å². The number of carbonyl (C=O) groups excluding carboxylic acids is 1. The van der Waals surface area contributed by atoms with Gasteiger partial charge in [-0.25, -0.2) is 0 Å². The molecule has 2 N–H and O–H groups in total. The molecule has 0 atom stereocenters. The summed E-state index contributed by atoms with van der Waals surface area (Å²) in [6.45, 7) is 3.97. The van der Waals surface area contributed by atoms with Gasteiger partial charge in [0.15, 0.2) is 5.11 Å². The number of amides is 1. The van der Waals surface area contributed by atoms with Crippen molar-refractivity contribution in [3.63, 3.8) is 0 Å². The van der Waals surface area contributed by atoms with Gasteiger partial charge < -0.3 is 5.32 Å². The Kier molecular flexibility index (Phi) is 5.03. The summed E-state index contributed by atoms with van der Waals surface area (Å²) in [4.78, 5) is 16.0. The van der Waals surface area contributed by atoms with Gasteiger partial charge in [-0.15, -0.1) is 0 Å². The third-order valence-corrected chi connectivity index (χ3v) is 3.55. The number of carbonyl (C=O) groups is 1. The highest BCUT2D eigenvalue weighted by molar-refractivity contribution is 9.10. The minimum Gasteiger partial charge on any atom is -0.332 e. The molecule has 0 radical (unpaired) electrons. The molecule has 0 saturated carbocycles. The molecule has 1 amide bonds. The van der Waals surface area contributed by atoms with Crippen molar-refractivity contribution in [2.75, 3.05) is 5.32 Å². The number of halogens is 1. The Morgan fingerprint density at radius 2 is 1.90 bits per heavy atom. The Bertz CT molecular complexity index is 683. The Hall–Kier alpha value is -1.79. The van der Waals surface area contributed by atoms with Crippen molar-refractivity contribution in [2.24, 2.45) is 0 Å². The Balaban J connectivity index is 2.07. The van der Waals surface area contributed by atoms with E-state index >= 15 is 0 Å². The lowest BCUT2D eigenvalue weighted by atomic mass is 10.1. The summed E-state index contributed by atoms with van der Waals surface area (Å²) >= 11 is 8.47. The molecule has 0 saturated heterocycles. The molecular formula is C15H14BrN3OS. The topological polar surface area (TPSA) is 54.0 Å². The number of hydrogen-bond acceptors (Lipinski definition) is 3. The van der Waals surface area contributed by atoms with E-state index in [1.165, 1.54) is 6.20 Å². The number of rotatable bonds is 2. The summed E-state index contributed by atoms with van der Waals surface area (Å²) < 4.78 is 0.740. The van der Waals surface area contributed by atoms with Gasteiger partial charge in [0.25, 0.3) is 5.91 Å². The minimum atomic E-state index is -0.299. The first-order valence-electron chi connectivity index (χ1n) is 6.26. The van der Waals surface area contributed by atoms with Crippen molar-refractivity contribution < 1.29 is 4.79 Å². The maximum atomic E-state index is 12.1. The molecule has 1 heterocycles. The minimum absolute atomic E-state index is 0.261. The lowest BCUT2D eigenvalue weighted by Gasteiger charge is -2.14. The number of nitrogens with one attached hydrogen (secondary N) is 2. The second kappa shape index (κ2) is 6.78. The van der Waals surface area contributed by atoms with Gasteiger partial charge in [0.1, 0.15) is 0 Å². The summed E-state index contributed by atoms with van der Waals surface area (Å²) in [6.07, 6.45) is 3.10. The molecule has 0 aliphatic heterocycles. The molecule has 4 nitrogen and oxygen atoms in total. The largest absolute Gasteiger partial charge is 0.332 e. The molecule has 2 aromatic rings.